The van der Waals surface area contributed by atoms with Gasteiger partial charge in [-0.25, -0.2) is 0 Å². The quantitative estimate of drug-likeness (QED) is 0.266. The Hall–Kier alpha value is -1.87. The molecule has 0 bridgehead atoms. The van der Waals surface area contributed by atoms with E-state index < -0.39 is 19.7 Å². The van der Waals surface area contributed by atoms with Crippen LogP contribution in [-0.4, -0.2) is 30.4 Å². The molecule has 1 aromatic carbocycles. The van der Waals surface area contributed by atoms with Crippen LogP contribution in [0.15, 0.2) is 18.2 Å². The van der Waals surface area contributed by atoms with Crippen LogP contribution in [0.4, 0.5) is 0 Å². The minimum Gasteiger partial charge on any atom is -0.426 e. The van der Waals surface area contributed by atoms with Crippen molar-refractivity contribution in [1.29, 1.82) is 0 Å². The van der Waals surface area contributed by atoms with Crippen molar-refractivity contribution >= 4 is 25.3 Å². The van der Waals surface area contributed by atoms with E-state index in [1.54, 1.807) is 6.66 Å². The van der Waals surface area contributed by atoms with Gasteiger partial charge < -0.3 is 4.74 Å². The van der Waals surface area contributed by atoms with Crippen LogP contribution in [0.3, 0.4) is 0 Å². The molecule has 0 heterocycles. The number of esters is 1. The summed E-state index contributed by atoms with van der Waals surface area (Å²) < 4.78 is 17.0. The molecule has 0 saturated heterocycles. The van der Waals surface area contributed by atoms with Crippen molar-refractivity contribution < 1.29 is 23.7 Å². The molecule has 166 valence electrons. The molecule has 31 heavy (non-hydrogen) atoms. The van der Waals surface area contributed by atoms with Crippen molar-refractivity contribution in [3.63, 3.8) is 0 Å². The van der Waals surface area contributed by atoms with E-state index in [9.17, 15) is 18.9 Å². The summed E-state index contributed by atoms with van der Waals surface area (Å²) >= 11 is 0. The number of aryl methyl sites for hydroxylation is 1. The second-order valence-electron chi connectivity index (χ2n) is 9.92. The highest BCUT2D eigenvalue weighted by molar-refractivity contribution is 7.43. The monoisotopic (exact) mass is 443 g/mol. The molecule has 3 aliphatic carbocycles. The SMILES string of the molecule is CC(=O)C(CC[P+](C)=O)C(=O)Oc1ccc2c(c1)CCC1C2CCC2(C)C(=O)CCC12. The molecule has 0 aliphatic heterocycles. The average molecular weight is 444 g/mol. The van der Waals surface area contributed by atoms with Gasteiger partial charge in [0.2, 0.25) is 0 Å². The number of Topliss-reactive ketones (excluding diaryl/α,β-unsaturated/α-hetero) is 2. The van der Waals surface area contributed by atoms with Crippen molar-refractivity contribution in [2.24, 2.45) is 23.2 Å². The van der Waals surface area contributed by atoms with Crippen molar-refractivity contribution in [2.45, 2.75) is 64.7 Å². The Labute approximate surface area is 185 Å². The maximum Gasteiger partial charge on any atom is 0.335 e. The first-order valence-corrected chi connectivity index (χ1v) is 13.4. The normalized spacial score (nSPS) is 30.6. The largest absolute Gasteiger partial charge is 0.426 e. The van der Waals surface area contributed by atoms with Gasteiger partial charge in [-0.05, 0) is 80.0 Å². The standard InChI is InChI=1S/C25H32O5P/c1-15(26)18(11-13-31(3)29)24(28)30-17-5-7-19-16(14-17)4-6-21-20(19)10-12-25(2)22(21)8-9-23(25)27/h5,7,14,18,20-22H,4,6,8-13H2,1-3H3/q+1. The van der Waals surface area contributed by atoms with E-state index in [1.807, 2.05) is 12.1 Å². The first-order chi connectivity index (χ1) is 14.7. The molecule has 2 fully saturated rings. The molecule has 0 aromatic heterocycles. The Morgan fingerprint density at radius 1 is 1.23 bits per heavy atom. The van der Waals surface area contributed by atoms with Gasteiger partial charge in [0.05, 0.1) is 0 Å². The van der Waals surface area contributed by atoms with Gasteiger partial charge in [0.25, 0.3) is 0 Å². The third kappa shape index (κ3) is 4.14. The first-order valence-electron chi connectivity index (χ1n) is 11.5. The number of ether oxygens (including phenoxy) is 1. The second-order valence-corrected chi connectivity index (χ2v) is 11.6. The Bertz CT molecular complexity index is 938. The Morgan fingerprint density at radius 2 is 2.00 bits per heavy atom. The maximum absolute atomic E-state index is 12.6. The Balaban J connectivity index is 1.49. The molecule has 0 amide bonds. The highest BCUT2D eigenvalue weighted by Crippen LogP contribution is 2.59. The number of carbonyl (C=O) groups excluding carboxylic acids is 3. The van der Waals surface area contributed by atoms with Crippen LogP contribution in [0.5, 0.6) is 5.75 Å². The van der Waals surface area contributed by atoms with Crippen LogP contribution in [0, 0.1) is 23.2 Å². The van der Waals surface area contributed by atoms with E-state index in [0.717, 1.165) is 38.5 Å². The minimum atomic E-state index is -1.40. The van der Waals surface area contributed by atoms with Crippen molar-refractivity contribution in [3.8, 4) is 5.75 Å². The Morgan fingerprint density at radius 3 is 2.71 bits per heavy atom. The van der Waals surface area contributed by atoms with Crippen molar-refractivity contribution in [2.75, 3.05) is 12.8 Å². The highest BCUT2D eigenvalue weighted by atomic mass is 31.1. The fraction of sp³-hybridized carbons (Fsp3) is 0.640. The topological polar surface area (TPSA) is 77.5 Å². The van der Waals surface area contributed by atoms with Crippen LogP contribution in [0.25, 0.3) is 0 Å². The number of hydrogen-bond acceptors (Lipinski definition) is 5. The van der Waals surface area contributed by atoms with Crippen LogP contribution in [-0.2, 0) is 25.4 Å². The van der Waals surface area contributed by atoms with Gasteiger partial charge in [-0.2, -0.15) is 0 Å². The summed E-state index contributed by atoms with van der Waals surface area (Å²) in [6.07, 6.45) is 6.35. The van der Waals surface area contributed by atoms with Crippen molar-refractivity contribution in [1.82, 2.24) is 0 Å². The summed E-state index contributed by atoms with van der Waals surface area (Å²) in [6, 6.07) is 5.87. The fourth-order valence-electron chi connectivity index (χ4n) is 6.38. The number of rotatable bonds is 6. The predicted octanol–water partition coefficient (Wildman–Crippen LogP) is 5.07. The van der Waals surface area contributed by atoms with E-state index in [4.69, 9.17) is 4.74 Å². The van der Waals surface area contributed by atoms with Gasteiger partial charge in [0, 0.05) is 18.3 Å². The van der Waals surface area contributed by atoms with Gasteiger partial charge in [-0.3, -0.25) is 14.4 Å². The third-order valence-electron chi connectivity index (χ3n) is 8.13. The second kappa shape index (κ2) is 8.58. The van der Waals surface area contributed by atoms with Gasteiger partial charge in [0.1, 0.15) is 36.1 Å². The lowest BCUT2D eigenvalue weighted by Gasteiger charge is -2.48. The van der Waals surface area contributed by atoms with Crippen molar-refractivity contribution in [3.05, 3.63) is 29.3 Å². The van der Waals surface area contributed by atoms with E-state index in [-0.39, 0.29) is 17.6 Å². The number of ketones is 2. The van der Waals surface area contributed by atoms with E-state index in [1.165, 1.54) is 18.1 Å². The molecule has 2 saturated carbocycles. The number of hydrogen-bond donors (Lipinski definition) is 0. The summed E-state index contributed by atoms with van der Waals surface area (Å²) in [5, 5.41) is 0. The maximum atomic E-state index is 12.6. The molecule has 0 N–H and O–H groups in total. The molecule has 3 aliphatic rings. The van der Waals surface area contributed by atoms with E-state index >= 15 is 0 Å². The molecule has 6 heteroatoms. The third-order valence-corrected chi connectivity index (χ3v) is 9.02. The molecule has 0 spiro atoms. The predicted molar refractivity (Wildman–Crippen MR) is 119 cm³/mol. The smallest absolute Gasteiger partial charge is 0.335 e. The van der Waals surface area contributed by atoms with Crippen LogP contribution < -0.4 is 4.74 Å². The summed E-state index contributed by atoms with van der Waals surface area (Å²) in [5.74, 6) is 0.783. The summed E-state index contributed by atoms with van der Waals surface area (Å²) in [7, 11) is -1.40. The molecular weight excluding hydrogens is 411 g/mol. The Kier molecular flexibility index (Phi) is 6.18. The number of carbonyl (C=O) groups is 3. The van der Waals surface area contributed by atoms with Gasteiger partial charge in [0.15, 0.2) is 0 Å². The fourth-order valence-corrected chi connectivity index (χ4v) is 7.00. The zero-order chi connectivity index (χ0) is 22.3. The first kappa shape index (κ1) is 22.3. The summed E-state index contributed by atoms with van der Waals surface area (Å²) in [6.45, 7) is 5.16. The molecule has 6 atom stereocenters. The number of benzene rings is 1. The zero-order valence-corrected chi connectivity index (χ0v) is 19.6. The van der Waals surface area contributed by atoms with Gasteiger partial charge in [-0.1, -0.05) is 17.6 Å². The van der Waals surface area contributed by atoms with Gasteiger partial charge >= 0.3 is 13.8 Å². The molecule has 6 unspecified atom stereocenters. The molecule has 1 aromatic rings. The lowest BCUT2D eigenvalue weighted by atomic mass is 9.55. The summed E-state index contributed by atoms with van der Waals surface area (Å²) in [5.41, 5.74) is 2.43. The molecule has 4 rings (SSSR count). The average Bonchev–Trinajstić information content (AvgIpc) is 3.02. The lowest BCUT2D eigenvalue weighted by Crippen LogP contribution is -2.42. The van der Waals surface area contributed by atoms with E-state index in [2.05, 4.69) is 13.0 Å². The van der Waals surface area contributed by atoms with Crippen LogP contribution >= 0.6 is 7.80 Å². The lowest BCUT2D eigenvalue weighted by molar-refractivity contribution is -0.143. The molecular formula is C25H32O5P+. The zero-order valence-electron chi connectivity index (χ0n) is 18.7. The van der Waals surface area contributed by atoms with Crippen LogP contribution in [0.1, 0.15) is 69.4 Å². The number of fused-ring (bicyclic) bond motifs is 5. The molecule has 5 nitrogen and oxygen atoms in total. The van der Waals surface area contributed by atoms with E-state index in [0.29, 0.717) is 35.4 Å². The molecule has 0 radical (unpaired) electrons. The highest BCUT2D eigenvalue weighted by Gasteiger charge is 2.54. The minimum absolute atomic E-state index is 0.126. The van der Waals surface area contributed by atoms with Crippen LogP contribution in [0.2, 0.25) is 0 Å². The van der Waals surface area contributed by atoms with Gasteiger partial charge in [-0.15, -0.1) is 0 Å². The summed E-state index contributed by atoms with van der Waals surface area (Å²) in [4.78, 5) is 37.0.